The number of carbonyl (C=O) groups excluding carboxylic acids is 1. The molecule has 5 heteroatoms. The molecule has 0 bridgehead atoms. The molecule has 0 aromatic rings. The standard InChI is InChI=1S/C11H20N2O3/c1-11(2,12-3)10(16)13-8(6-9(14)15)7-4-5-7/h7-8,12H,4-6H2,1-3H3,(H,13,16)(H,14,15). The summed E-state index contributed by atoms with van der Waals surface area (Å²) in [7, 11) is 1.71. The highest BCUT2D eigenvalue weighted by Gasteiger charge is 2.36. The molecule has 1 fully saturated rings. The number of hydrogen-bond acceptors (Lipinski definition) is 3. The fourth-order valence-electron chi connectivity index (χ4n) is 1.48. The van der Waals surface area contributed by atoms with E-state index in [0.29, 0.717) is 5.92 Å². The molecule has 1 amide bonds. The van der Waals surface area contributed by atoms with Crippen molar-refractivity contribution in [3.05, 3.63) is 0 Å². The second kappa shape index (κ2) is 4.82. The van der Waals surface area contributed by atoms with E-state index in [2.05, 4.69) is 10.6 Å². The number of nitrogens with one attached hydrogen (secondary N) is 2. The van der Waals surface area contributed by atoms with Gasteiger partial charge in [-0.15, -0.1) is 0 Å². The van der Waals surface area contributed by atoms with E-state index < -0.39 is 11.5 Å². The lowest BCUT2D eigenvalue weighted by atomic mass is 10.0. The van der Waals surface area contributed by atoms with E-state index in [1.54, 1.807) is 20.9 Å². The predicted octanol–water partition coefficient (Wildman–Crippen LogP) is 0.354. The van der Waals surface area contributed by atoms with Crippen LogP contribution in [-0.2, 0) is 9.59 Å². The Bertz CT molecular complexity index is 285. The van der Waals surface area contributed by atoms with Crippen LogP contribution in [0.4, 0.5) is 0 Å². The van der Waals surface area contributed by atoms with Crippen molar-refractivity contribution in [1.29, 1.82) is 0 Å². The van der Waals surface area contributed by atoms with E-state index in [1.807, 2.05) is 0 Å². The second-order valence-electron chi connectivity index (χ2n) is 4.89. The largest absolute Gasteiger partial charge is 0.481 e. The van der Waals surface area contributed by atoms with E-state index >= 15 is 0 Å². The normalized spacial score (nSPS) is 17.9. The fraction of sp³-hybridized carbons (Fsp3) is 0.818. The zero-order valence-corrected chi connectivity index (χ0v) is 10.0. The Balaban J connectivity index is 2.54. The SMILES string of the molecule is CNC(C)(C)C(=O)NC(CC(=O)O)C1CC1. The summed E-state index contributed by atoms with van der Waals surface area (Å²) in [5.74, 6) is -0.666. The van der Waals surface area contributed by atoms with Gasteiger partial charge in [0.15, 0.2) is 0 Å². The van der Waals surface area contributed by atoms with Gasteiger partial charge in [-0.3, -0.25) is 9.59 Å². The molecule has 0 aromatic heterocycles. The smallest absolute Gasteiger partial charge is 0.305 e. The maximum atomic E-state index is 11.9. The summed E-state index contributed by atoms with van der Waals surface area (Å²) in [5.41, 5.74) is -0.661. The molecule has 92 valence electrons. The Morgan fingerprint density at radius 3 is 2.38 bits per heavy atom. The molecule has 1 unspecified atom stereocenters. The third-order valence-electron chi connectivity index (χ3n) is 3.09. The molecule has 3 N–H and O–H groups in total. The average molecular weight is 228 g/mol. The molecule has 1 aliphatic carbocycles. The quantitative estimate of drug-likeness (QED) is 0.613. The Labute approximate surface area is 95.6 Å². The first-order chi connectivity index (χ1) is 7.36. The Hall–Kier alpha value is -1.10. The van der Waals surface area contributed by atoms with Crippen molar-refractivity contribution in [3.8, 4) is 0 Å². The van der Waals surface area contributed by atoms with Gasteiger partial charge in [-0.1, -0.05) is 0 Å². The number of likely N-dealkylation sites (N-methyl/N-ethyl adjacent to an activating group) is 1. The number of carboxylic acids is 1. The second-order valence-corrected chi connectivity index (χ2v) is 4.89. The van der Waals surface area contributed by atoms with E-state index in [0.717, 1.165) is 12.8 Å². The van der Waals surface area contributed by atoms with Gasteiger partial charge in [0.05, 0.1) is 12.0 Å². The summed E-state index contributed by atoms with van der Waals surface area (Å²) in [4.78, 5) is 22.5. The van der Waals surface area contributed by atoms with Crippen LogP contribution in [0.5, 0.6) is 0 Å². The molecule has 0 saturated heterocycles. The molecule has 0 aromatic carbocycles. The van der Waals surface area contributed by atoms with Crippen LogP contribution in [0.2, 0.25) is 0 Å². The van der Waals surface area contributed by atoms with Gasteiger partial charge in [-0.05, 0) is 39.7 Å². The summed E-state index contributed by atoms with van der Waals surface area (Å²) in [5, 5.41) is 14.5. The van der Waals surface area contributed by atoms with Crippen LogP contribution < -0.4 is 10.6 Å². The van der Waals surface area contributed by atoms with E-state index in [1.165, 1.54) is 0 Å². The number of rotatable bonds is 6. The van der Waals surface area contributed by atoms with Crippen molar-refractivity contribution >= 4 is 11.9 Å². The molecule has 1 aliphatic rings. The van der Waals surface area contributed by atoms with E-state index in [9.17, 15) is 9.59 Å². The topological polar surface area (TPSA) is 78.4 Å². The van der Waals surface area contributed by atoms with Crippen LogP contribution in [0.1, 0.15) is 33.1 Å². The summed E-state index contributed by atoms with van der Waals surface area (Å²) in [6.07, 6.45) is 2.03. The summed E-state index contributed by atoms with van der Waals surface area (Å²) in [6, 6.07) is -0.224. The van der Waals surface area contributed by atoms with Gasteiger partial charge in [0.25, 0.3) is 0 Å². The van der Waals surface area contributed by atoms with Crippen molar-refractivity contribution in [2.24, 2.45) is 5.92 Å². The first-order valence-electron chi connectivity index (χ1n) is 5.58. The van der Waals surface area contributed by atoms with Gasteiger partial charge >= 0.3 is 5.97 Å². The highest BCUT2D eigenvalue weighted by Crippen LogP contribution is 2.34. The lowest BCUT2D eigenvalue weighted by molar-refractivity contribution is -0.138. The van der Waals surface area contributed by atoms with Crippen LogP contribution >= 0.6 is 0 Å². The third-order valence-corrected chi connectivity index (χ3v) is 3.09. The van der Waals surface area contributed by atoms with E-state index in [4.69, 9.17) is 5.11 Å². The molecule has 5 nitrogen and oxygen atoms in total. The van der Waals surface area contributed by atoms with Gasteiger partial charge in [-0.25, -0.2) is 0 Å². The molecule has 16 heavy (non-hydrogen) atoms. The minimum absolute atomic E-state index is 0.0101. The van der Waals surface area contributed by atoms with Crippen LogP contribution in [0.3, 0.4) is 0 Å². The number of hydrogen-bond donors (Lipinski definition) is 3. The monoisotopic (exact) mass is 228 g/mol. The van der Waals surface area contributed by atoms with Crippen LogP contribution in [0.15, 0.2) is 0 Å². The zero-order valence-electron chi connectivity index (χ0n) is 10.0. The first kappa shape index (κ1) is 13.0. The van der Waals surface area contributed by atoms with Gasteiger partial charge in [-0.2, -0.15) is 0 Å². The Morgan fingerprint density at radius 1 is 1.44 bits per heavy atom. The van der Waals surface area contributed by atoms with Gasteiger partial charge in [0.2, 0.25) is 5.91 Å². The predicted molar refractivity (Wildman–Crippen MR) is 60.0 cm³/mol. The Kier molecular flexibility index (Phi) is 3.91. The highest BCUT2D eigenvalue weighted by atomic mass is 16.4. The van der Waals surface area contributed by atoms with Gasteiger partial charge < -0.3 is 15.7 Å². The fourth-order valence-corrected chi connectivity index (χ4v) is 1.48. The molecule has 0 radical (unpaired) electrons. The first-order valence-corrected chi connectivity index (χ1v) is 5.58. The number of aliphatic carboxylic acids is 1. The third kappa shape index (κ3) is 3.48. The minimum atomic E-state index is -0.862. The molecule has 1 saturated carbocycles. The number of carboxylic acid groups (broad SMARTS) is 1. The number of carbonyl (C=O) groups is 2. The molecule has 0 spiro atoms. The molecule has 0 aliphatic heterocycles. The van der Waals surface area contributed by atoms with Gasteiger partial charge in [0.1, 0.15) is 0 Å². The number of amides is 1. The summed E-state index contributed by atoms with van der Waals surface area (Å²) < 4.78 is 0. The molecular formula is C11H20N2O3. The van der Waals surface area contributed by atoms with Crippen LogP contribution in [0.25, 0.3) is 0 Å². The van der Waals surface area contributed by atoms with Crippen molar-refractivity contribution < 1.29 is 14.7 Å². The minimum Gasteiger partial charge on any atom is -0.481 e. The van der Waals surface area contributed by atoms with Gasteiger partial charge in [0, 0.05) is 6.04 Å². The summed E-state index contributed by atoms with van der Waals surface area (Å²) in [6.45, 7) is 3.54. The van der Waals surface area contributed by atoms with Crippen molar-refractivity contribution in [2.45, 2.75) is 44.7 Å². The lowest BCUT2D eigenvalue weighted by Crippen LogP contribution is -2.54. The highest BCUT2D eigenvalue weighted by molar-refractivity contribution is 5.86. The van der Waals surface area contributed by atoms with E-state index in [-0.39, 0.29) is 18.4 Å². The average Bonchev–Trinajstić information content (AvgIpc) is 2.99. The molecule has 1 rings (SSSR count). The maximum absolute atomic E-state index is 11.9. The van der Waals surface area contributed by atoms with Crippen molar-refractivity contribution in [1.82, 2.24) is 10.6 Å². The summed E-state index contributed by atoms with van der Waals surface area (Å²) >= 11 is 0. The molecule has 0 heterocycles. The zero-order chi connectivity index (χ0) is 12.3. The van der Waals surface area contributed by atoms with Crippen molar-refractivity contribution in [3.63, 3.8) is 0 Å². The van der Waals surface area contributed by atoms with Crippen LogP contribution in [-0.4, -0.2) is 35.6 Å². The molecular weight excluding hydrogens is 208 g/mol. The Morgan fingerprint density at radius 2 is 2.00 bits per heavy atom. The molecule has 1 atom stereocenters. The maximum Gasteiger partial charge on any atom is 0.305 e. The lowest BCUT2D eigenvalue weighted by Gasteiger charge is -2.26. The van der Waals surface area contributed by atoms with Crippen molar-refractivity contribution in [2.75, 3.05) is 7.05 Å². The van der Waals surface area contributed by atoms with Crippen LogP contribution in [0, 0.1) is 5.92 Å².